The van der Waals surface area contributed by atoms with Crippen molar-refractivity contribution < 1.29 is 19.4 Å². The Morgan fingerprint density at radius 1 is 1.04 bits per heavy atom. The maximum Gasteiger partial charge on any atom is 0.310 e. The lowest BCUT2D eigenvalue weighted by atomic mass is 9.81. The Hall–Kier alpha value is -2.14. The number of likely N-dealkylation sites (tertiary alicyclic amines) is 1. The number of carboxylic acid groups (broad SMARTS) is 1. The van der Waals surface area contributed by atoms with E-state index < -0.39 is 23.9 Å². The molecule has 1 aromatic carbocycles. The van der Waals surface area contributed by atoms with Gasteiger partial charge in [0.2, 0.25) is 5.91 Å². The molecule has 0 saturated carbocycles. The molecule has 4 atom stereocenters. The van der Waals surface area contributed by atoms with Crippen molar-refractivity contribution in [2.75, 3.05) is 13.1 Å². The predicted octanol–water partition coefficient (Wildman–Crippen LogP) is 2.12. The Bertz CT molecular complexity index is 678. The van der Waals surface area contributed by atoms with E-state index in [2.05, 4.69) is 24.3 Å². The van der Waals surface area contributed by atoms with Gasteiger partial charge in [-0.25, -0.2) is 0 Å². The summed E-state index contributed by atoms with van der Waals surface area (Å²) in [6.45, 7) is 1.42. The molecule has 5 heteroatoms. The maximum atomic E-state index is 12.9. The summed E-state index contributed by atoms with van der Waals surface area (Å²) in [6.07, 6.45) is 5.77. The number of ether oxygens (including phenoxy) is 1. The summed E-state index contributed by atoms with van der Waals surface area (Å²) in [7, 11) is 0. The zero-order valence-corrected chi connectivity index (χ0v) is 14.1. The van der Waals surface area contributed by atoms with Crippen LogP contribution in [0, 0.1) is 17.8 Å². The lowest BCUT2D eigenvalue weighted by Crippen LogP contribution is -2.47. The number of amides is 1. The van der Waals surface area contributed by atoms with Gasteiger partial charge in [-0.05, 0) is 30.7 Å². The average Bonchev–Trinajstić information content (AvgIpc) is 3.24. The van der Waals surface area contributed by atoms with Gasteiger partial charge >= 0.3 is 5.97 Å². The predicted molar refractivity (Wildman–Crippen MR) is 91.9 cm³/mol. The molecule has 4 rings (SSSR count). The van der Waals surface area contributed by atoms with E-state index in [1.54, 1.807) is 6.08 Å². The van der Waals surface area contributed by atoms with Crippen molar-refractivity contribution in [1.82, 2.24) is 4.90 Å². The first-order valence-corrected chi connectivity index (χ1v) is 9.03. The molecular weight excluding hydrogens is 318 g/mol. The van der Waals surface area contributed by atoms with Crippen LogP contribution in [-0.2, 0) is 20.7 Å². The van der Waals surface area contributed by atoms with Crippen molar-refractivity contribution in [1.29, 1.82) is 0 Å². The summed E-state index contributed by atoms with van der Waals surface area (Å²) in [5.74, 6) is -1.72. The van der Waals surface area contributed by atoms with Gasteiger partial charge in [-0.1, -0.05) is 42.5 Å². The Morgan fingerprint density at radius 3 is 2.32 bits per heavy atom. The minimum Gasteiger partial charge on any atom is -0.481 e. The van der Waals surface area contributed by atoms with E-state index in [9.17, 15) is 14.7 Å². The zero-order valence-electron chi connectivity index (χ0n) is 14.1. The van der Waals surface area contributed by atoms with Gasteiger partial charge in [0, 0.05) is 13.1 Å². The van der Waals surface area contributed by atoms with Crippen LogP contribution in [0.5, 0.6) is 0 Å². The van der Waals surface area contributed by atoms with Crippen molar-refractivity contribution in [3.05, 3.63) is 48.0 Å². The third-order valence-electron chi connectivity index (χ3n) is 5.76. The average molecular weight is 341 g/mol. The van der Waals surface area contributed by atoms with Crippen LogP contribution in [-0.4, -0.2) is 47.2 Å². The second-order valence-electron chi connectivity index (χ2n) is 7.30. The Morgan fingerprint density at radius 2 is 1.68 bits per heavy atom. The fourth-order valence-corrected chi connectivity index (χ4v) is 4.41. The zero-order chi connectivity index (χ0) is 17.4. The number of aliphatic carboxylic acids is 1. The van der Waals surface area contributed by atoms with Crippen LogP contribution in [0.2, 0.25) is 0 Å². The minimum absolute atomic E-state index is 0.0533. The summed E-state index contributed by atoms with van der Waals surface area (Å²) in [4.78, 5) is 26.3. The van der Waals surface area contributed by atoms with Crippen LogP contribution in [0.4, 0.5) is 0 Å². The fourth-order valence-electron chi connectivity index (χ4n) is 4.41. The summed E-state index contributed by atoms with van der Waals surface area (Å²) in [5.41, 5.74) is 1.34. The Kier molecular flexibility index (Phi) is 4.34. The topological polar surface area (TPSA) is 66.8 Å². The molecule has 0 spiro atoms. The molecule has 1 N–H and O–H groups in total. The van der Waals surface area contributed by atoms with Gasteiger partial charge in [-0.3, -0.25) is 9.59 Å². The smallest absolute Gasteiger partial charge is 0.310 e. The van der Waals surface area contributed by atoms with Crippen molar-refractivity contribution in [3.8, 4) is 0 Å². The largest absolute Gasteiger partial charge is 0.481 e. The van der Waals surface area contributed by atoms with Gasteiger partial charge in [0.15, 0.2) is 0 Å². The first-order chi connectivity index (χ1) is 12.1. The van der Waals surface area contributed by atoms with Crippen LogP contribution < -0.4 is 0 Å². The monoisotopic (exact) mass is 341 g/mol. The minimum atomic E-state index is -0.936. The molecule has 0 aromatic heterocycles. The van der Waals surface area contributed by atoms with Crippen molar-refractivity contribution in [3.63, 3.8) is 0 Å². The highest BCUT2D eigenvalue weighted by Gasteiger charge is 2.54. The molecule has 0 aliphatic carbocycles. The molecule has 0 unspecified atom stereocenters. The standard InChI is InChI=1S/C20H23NO4/c22-19(17-15-6-7-16(25-15)18(17)20(23)24)21-10-8-14(9-11-21)12-13-4-2-1-3-5-13/h1-7,14-18H,8-12H2,(H,23,24)/t15-,16-,17-,18-/m1/s1. The number of benzene rings is 1. The molecule has 3 aliphatic heterocycles. The van der Waals surface area contributed by atoms with E-state index >= 15 is 0 Å². The second kappa shape index (κ2) is 6.64. The molecule has 25 heavy (non-hydrogen) atoms. The van der Waals surface area contributed by atoms with E-state index in [0.717, 1.165) is 19.3 Å². The Labute approximate surface area is 147 Å². The summed E-state index contributed by atoms with van der Waals surface area (Å²) in [5, 5.41) is 9.47. The number of carbonyl (C=O) groups excluding carboxylic acids is 1. The van der Waals surface area contributed by atoms with Crippen molar-refractivity contribution in [2.45, 2.75) is 31.5 Å². The summed E-state index contributed by atoms with van der Waals surface area (Å²) in [6, 6.07) is 10.4. The van der Waals surface area contributed by atoms with E-state index in [1.165, 1.54) is 5.56 Å². The van der Waals surface area contributed by atoms with Crippen LogP contribution >= 0.6 is 0 Å². The number of hydrogen-bond donors (Lipinski definition) is 1. The number of nitrogens with zero attached hydrogens (tertiary/aromatic N) is 1. The number of hydrogen-bond acceptors (Lipinski definition) is 3. The fraction of sp³-hybridized carbons (Fsp3) is 0.500. The number of fused-ring (bicyclic) bond motifs is 2. The van der Waals surface area contributed by atoms with Crippen LogP contribution in [0.3, 0.4) is 0 Å². The molecule has 3 aliphatic rings. The summed E-state index contributed by atoms with van der Waals surface area (Å²) >= 11 is 0. The quantitative estimate of drug-likeness (QED) is 0.852. The first-order valence-electron chi connectivity index (χ1n) is 9.03. The second-order valence-corrected chi connectivity index (χ2v) is 7.30. The molecule has 5 nitrogen and oxygen atoms in total. The van der Waals surface area contributed by atoms with E-state index in [-0.39, 0.29) is 12.0 Å². The highest BCUT2D eigenvalue weighted by molar-refractivity contribution is 5.87. The van der Waals surface area contributed by atoms with E-state index in [1.807, 2.05) is 17.0 Å². The number of carboxylic acids is 1. The van der Waals surface area contributed by atoms with Crippen molar-refractivity contribution in [2.24, 2.45) is 17.8 Å². The van der Waals surface area contributed by atoms with Crippen molar-refractivity contribution >= 4 is 11.9 Å². The molecule has 0 radical (unpaired) electrons. The molecule has 132 valence electrons. The third kappa shape index (κ3) is 3.09. The van der Waals surface area contributed by atoms with Gasteiger partial charge in [0.05, 0.1) is 18.1 Å². The maximum absolute atomic E-state index is 12.9. The van der Waals surface area contributed by atoms with Gasteiger partial charge in [0.25, 0.3) is 0 Å². The lowest BCUT2D eigenvalue weighted by Gasteiger charge is -2.35. The molecule has 1 amide bonds. The summed E-state index contributed by atoms with van der Waals surface area (Å²) < 4.78 is 5.63. The van der Waals surface area contributed by atoms with E-state index in [0.29, 0.717) is 19.0 Å². The van der Waals surface area contributed by atoms with Gasteiger partial charge < -0.3 is 14.7 Å². The van der Waals surface area contributed by atoms with Crippen LogP contribution in [0.1, 0.15) is 18.4 Å². The third-order valence-corrected chi connectivity index (χ3v) is 5.76. The van der Waals surface area contributed by atoms with E-state index in [4.69, 9.17) is 4.74 Å². The number of piperidine rings is 1. The molecule has 3 heterocycles. The number of rotatable bonds is 4. The highest BCUT2D eigenvalue weighted by atomic mass is 16.5. The SMILES string of the molecule is O=C(O)[C@H]1[C@H](C(=O)N2CCC(Cc3ccccc3)CC2)[C@H]2C=C[C@H]1O2. The van der Waals surface area contributed by atoms with Gasteiger partial charge in [-0.2, -0.15) is 0 Å². The van der Waals surface area contributed by atoms with Crippen LogP contribution in [0.25, 0.3) is 0 Å². The first kappa shape index (κ1) is 16.3. The normalized spacial score (nSPS) is 31.4. The van der Waals surface area contributed by atoms with Crippen LogP contribution in [0.15, 0.2) is 42.5 Å². The van der Waals surface area contributed by atoms with Gasteiger partial charge in [-0.15, -0.1) is 0 Å². The Balaban J connectivity index is 1.37. The molecule has 1 aromatic rings. The number of carbonyl (C=O) groups is 2. The molecular formula is C20H23NO4. The highest BCUT2D eigenvalue weighted by Crippen LogP contribution is 2.40. The molecule has 2 bridgehead atoms. The van der Waals surface area contributed by atoms with Gasteiger partial charge in [0.1, 0.15) is 5.92 Å². The molecule has 2 fully saturated rings. The lowest BCUT2D eigenvalue weighted by molar-refractivity contribution is -0.150. The molecule has 2 saturated heterocycles.